The Kier molecular flexibility index (Phi) is 5.58. The number of aromatic nitrogens is 2. The third kappa shape index (κ3) is 3.95. The minimum atomic E-state index is -3.99. The van der Waals surface area contributed by atoms with E-state index < -0.39 is 16.1 Å². The van der Waals surface area contributed by atoms with E-state index in [1.165, 1.54) is 17.0 Å². The van der Waals surface area contributed by atoms with Crippen molar-refractivity contribution in [1.29, 1.82) is 0 Å². The van der Waals surface area contributed by atoms with Gasteiger partial charge in [-0.3, -0.25) is 9.78 Å². The Labute approximate surface area is 180 Å². The van der Waals surface area contributed by atoms with Crippen LogP contribution < -0.4 is 0 Å². The molecule has 1 amide bonds. The maximum atomic E-state index is 13.4. The highest BCUT2D eigenvalue weighted by Gasteiger charge is 2.28. The number of carbonyl (C=O) groups is 1. The molecule has 0 aliphatic carbocycles. The molecular formula is C23H21N3O4S. The molecular weight excluding hydrogens is 414 g/mol. The molecule has 0 aliphatic rings. The van der Waals surface area contributed by atoms with Crippen LogP contribution in [0.2, 0.25) is 0 Å². The summed E-state index contributed by atoms with van der Waals surface area (Å²) in [5.41, 5.74) is 1.42. The number of hydrogen-bond acceptors (Lipinski definition) is 5. The molecule has 0 saturated carbocycles. The van der Waals surface area contributed by atoms with Gasteiger partial charge in [0, 0.05) is 18.8 Å². The molecule has 4 rings (SSSR count). The van der Waals surface area contributed by atoms with E-state index >= 15 is 0 Å². The zero-order chi connectivity index (χ0) is 22.0. The molecule has 0 saturated heterocycles. The van der Waals surface area contributed by atoms with Crippen molar-refractivity contribution in [2.24, 2.45) is 0 Å². The minimum absolute atomic E-state index is 0.0889. The Morgan fingerprint density at radius 1 is 1.03 bits per heavy atom. The summed E-state index contributed by atoms with van der Waals surface area (Å²) in [6, 6.07) is 21.5. The molecule has 7 nitrogen and oxygen atoms in total. The Morgan fingerprint density at radius 3 is 2.35 bits per heavy atom. The summed E-state index contributed by atoms with van der Waals surface area (Å²) >= 11 is 0. The van der Waals surface area contributed by atoms with Crippen LogP contribution in [0.4, 0.5) is 0 Å². The smallest absolute Gasteiger partial charge is 0.268 e. The van der Waals surface area contributed by atoms with Crippen molar-refractivity contribution in [3.63, 3.8) is 0 Å². The zero-order valence-corrected chi connectivity index (χ0v) is 17.6. The maximum Gasteiger partial charge on any atom is 0.268 e. The van der Waals surface area contributed by atoms with Crippen molar-refractivity contribution >= 4 is 27.0 Å². The standard InChI is InChI=1S/C23H21N3O4S/c1-25(23(28)17-9-4-2-5-10-17)16-22(27)21-15-19-20(13-8-14-24-19)26(21)31(29,30)18-11-6-3-7-12-18/h2-15,22,27H,16H2,1H3. The Balaban J connectivity index is 1.74. The molecule has 0 spiro atoms. The van der Waals surface area contributed by atoms with Crippen LogP contribution in [0.25, 0.3) is 11.0 Å². The second kappa shape index (κ2) is 8.33. The van der Waals surface area contributed by atoms with E-state index in [0.29, 0.717) is 16.6 Å². The van der Waals surface area contributed by atoms with Gasteiger partial charge in [0.05, 0.1) is 28.2 Å². The molecule has 158 valence electrons. The summed E-state index contributed by atoms with van der Waals surface area (Å²) in [7, 11) is -2.43. The van der Waals surface area contributed by atoms with E-state index in [1.807, 2.05) is 6.07 Å². The van der Waals surface area contributed by atoms with E-state index in [9.17, 15) is 18.3 Å². The lowest BCUT2D eigenvalue weighted by atomic mass is 10.2. The number of benzene rings is 2. The van der Waals surface area contributed by atoms with Gasteiger partial charge in [-0.05, 0) is 42.5 Å². The second-order valence-electron chi connectivity index (χ2n) is 7.13. The van der Waals surface area contributed by atoms with E-state index in [4.69, 9.17) is 0 Å². The van der Waals surface area contributed by atoms with E-state index in [-0.39, 0.29) is 23.0 Å². The number of amides is 1. The monoisotopic (exact) mass is 435 g/mol. The number of hydrogen-bond donors (Lipinski definition) is 1. The van der Waals surface area contributed by atoms with Crippen molar-refractivity contribution in [3.05, 3.63) is 96.3 Å². The molecule has 1 N–H and O–H groups in total. The van der Waals surface area contributed by atoms with E-state index in [1.54, 1.807) is 73.9 Å². The SMILES string of the molecule is CN(CC(O)c1cc2ncccc2n1S(=O)(=O)c1ccccc1)C(=O)c1ccccc1. The second-order valence-corrected chi connectivity index (χ2v) is 8.91. The maximum absolute atomic E-state index is 13.4. The number of aliphatic hydroxyl groups excluding tert-OH is 1. The number of pyridine rings is 1. The fourth-order valence-corrected chi connectivity index (χ4v) is 5.04. The first-order valence-electron chi connectivity index (χ1n) is 9.65. The topological polar surface area (TPSA) is 92.5 Å². The fraction of sp³-hybridized carbons (Fsp3) is 0.130. The van der Waals surface area contributed by atoms with Gasteiger partial charge >= 0.3 is 0 Å². The lowest BCUT2D eigenvalue weighted by molar-refractivity contribution is 0.0674. The van der Waals surface area contributed by atoms with Gasteiger partial charge in [0.2, 0.25) is 0 Å². The quantitative estimate of drug-likeness (QED) is 0.502. The molecule has 0 bridgehead atoms. The van der Waals surface area contributed by atoms with Crippen LogP contribution in [-0.2, 0) is 10.0 Å². The van der Waals surface area contributed by atoms with Gasteiger partial charge < -0.3 is 10.0 Å². The van der Waals surface area contributed by atoms with Crippen LogP contribution in [0.3, 0.4) is 0 Å². The molecule has 4 aromatic rings. The van der Waals surface area contributed by atoms with Crippen LogP contribution >= 0.6 is 0 Å². The van der Waals surface area contributed by atoms with Crippen LogP contribution in [0.5, 0.6) is 0 Å². The predicted molar refractivity (Wildman–Crippen MR) is 117 cm³/mol. The van der Waals surface area contributed by atoms with Crippen LogP contribution in [0.1, 0.15) is 22.2 Å². The third-order valence-corrected chi connectivity index (χ3v) is 6.75. The number of nitrogens with zero attached hydrogens (tertiary/aromatic N) is 3. The summed E-state index contributed by atoms with van der Waals surface area (Å²) < 4.78 is 27.9. The highest BCUT2D eigenvalue weighted by Crippen LogP contribution is 2.28. The van der Waals surface area contributed by atoms with Gasteiger partial charge in [-0.1, -0.05) is 36.4 Å². The normalized spacial score (nSPS) is 12.6. The van der Waals surface area contributed by atoms with Gasteiger partial charge in [0.25, 0.3) is 15.9 Å². The number of carbonyl (C=O) groups excluding carboxylic acids is 1. The van der Waals surface area contributed by atoms with Gasteiger partial charge in [0.1, 0.15) is 6.10 Å². The molecule has 0 aliphatic heterocycles. The molecule has 2 aromatic heterocycles. The Bertz CT molecular complexity index is 1320. The van der Waals surface area contributed by atoms with Gasteiger partial charge in [-0.25, -0.2) is 12.4 Å². The van der Waals surface area contributed by atoms with Crippen molar-refractivity contribution in [1.82, 2.24) is 13.9 Å². The van der Waals surface area contributed by atoms with Crippen molar-refractivity contribution in [2.45, 2.75) is 11.0 Å². The minimum Gasteiger partial charge on any atom is -0.385 e. The lowest BCUT2D eigenvalue weighted by Crippen LogP contribution is -2.32. The number of aliphatic hydroxyl groups is 1. The molecule has 1 atom stereocenters. The van der Waals surface area contributed by atoms with Gasteiger partial charge in [-0.2, -0.15) is 0 Å². The highest BCUT2D eigenvalue weighted by molar-refractivity contribution is 7.90. The van der Waals surface area contributed by atoms with Crippen molar-refractivity contribution in [2.75, 3.05) is 13.6 Å². The summed E-state index contributed by atoms with van der Waals surface area (Å²) in [4.78, 5) is 18.4. The largest absolute Gasteiger partial charge is 0.385 e. The summed E-state index contributed by atoms with van der Waals surface area (Å²) in [5, 5.41) is 11.0. The van der Waals surface area contributed by atoms with Gasteiger partial charge in [0.15, 0.2) is 0 Å². The Morgan fingerprint density at radius 2 is 1.68 bits per heavy atom. The summed E-state index contributed by atoms with van der Waals surface area (Å²) in [6.07, 6.45) is 0.314. The fourth-order valence-electron chi connectivity index (χ4n) is 3.46. The number of rotatable bonds is 6. The summed E-state index contributed by atoms with van der Waals surface area (Å²) in [5.74, 6) is -0.272. The summed E-state index contributed by atoms with van der Waals surface area (Å²) in [6.45, 7) is -0.0889. The van der Waals surface area contributed by atoms with Crippen LogP contribution in [0.15, 0.2) is 90.0 Å². The van der Waals surface area contributed by atoms with Gasteiger partial charge in [-0.15, -0.1) is 0 Å². The first-order valence-corrected chi connectivity index (χ1v) is 11.1. The first kappa shape index (κ1) is 20.8. The molecule has 31 heavy (non-hydrogen) atoms. The molecule has 1 unspecified atom stereocenters. The average Bonchev–Trinajstić information content (AvgIpc) is 3.20. The first-order chi connectivity index (χ1) is 14.9. The molecule has 2 heterocycles. The highest BCUT2D eigenvalue weighted by atomic mass is 32.2. The molecule has 8 heteroatoms. The van der Waals surface area contributed by atoms with Crippen LogP contribution in [0, 0.1) is 0 Å². The predicted octanol–water partition coefficient (Wildman–Crippen LogP) is 3.08. The molecule has 0 fully saturated rings. The van der Waals surface area contributed by atoms with Crippen LogP contribution in [-0.4, -0.2) is 46.9 Å². The average molecular weight is 436 g/mol. The number of likely N-dealkylation sites (N-methyl/N-ethyl adjacent to an activating group) is 1. The van der Waals surface area contributed by atoms with Crippen molar-refractivity contribution in [3.8, 4) is 0 Å². The molecule has 0 radical (unpaired) electrons. The zero-order valence-electron chi connectivity index (χ0n) is 16.8. The van der Waals surface area contributed by atoms with Crippen molar-refractivity contribution < 1.29 is 18.3 Å². The Hall–Kier alpha value is -3.49. The van der Waals surface area contributed by atoms with E-state index in [2.05, 4.69) is 4.98 Å². The third-order valence-electron chi connectivity index (χ3n) is 4.99. The van der Waals surface area contributed by atoms with E-state index in [0.717, 1.165) is 3.97 Å². The molecule has 2 aromatic carbocycles. The lowest BCUT2D eigenvalue weighted by Gasteiger charge is -2.22. The number of fused-ring (bicyclic) bond motifs is 1.